The summed E-state index contributed by atoms with van der Waals surface area (Å²) < 4.78 is 15.4. The second kappa shape index (κ2) is 67.5. The van der Waals surface area contributed by atoms with Crippen molar-refractivity contribution >= 4 is 171 Å². The van der Waals surface area contributed by atoms with Crippen LogP contribution in [0, 0.1) is 0 Å². The largest absolute Gasteiger partial charge is 0.497 e. The van der Waals surface area contributed by atoms with Gasteiger partial charge in [-0.2, -0.15) is 0 Å². The average molecular weight is 1710 g/mol. The molecule has 109 heavy (non-hydrogen) atoms. The van der Waals surface area contributed by atoms with Crippen LogP contribution in [0.5, 0.6) is 17.2 Å². The maximum atomic E-state index is 10.3. The van der Waals surface area contributed by atoms with Gasteiger partial charge in [0.25, 0.3) is 0 Å². The fourth-order valence-corrected chi connectivity index (χ4v) is 16.0. The molecule has 0 heterocycles. The number of carboxylic acids is 7. The lowest BCUT2D eigenvalue weighted by atomic mass is 10.1. The van der Waals surface area contributed by atoms with E-state index in [1.807, 2.05) is 145 Å². The number of unbranched alkanes of at least 4 members (excludes halogenated alkanes) is 10. The molecule has 0 amide bonds. The summed E-state index contributed by atoms with van der Waals surface area (Å²) in [6.07, 6.45) is 16.5. The van der Waals surface area contributed by atoms with Gasteiger partial charge in [0.2, 0.25) is 0 Å². The molecule has 0 aliphatic heterocycles. The van der Waals surface area contributed by atoms with Gasteiger partial charge in [-0.3, -0.25) is 33.6 Å². The van der Waals surface area contributed by atoms with Gasteiger partial charge >= 0.3 is 41.8 Å². The van der Waals surface area contributed by atoms with Gasteiger partial charge < -0.3 is 50.0 Å². The Morgan fingerprint density at radius 2 is 0.514 bits per heavy atom. The predicted octanol–water partition coefficient (Wildman–Crippen LogP) is 24.3. The highest BCUT2D eigenvalue weighted by Crippen LogP contribution is 2.31. The Labute approximate surface area is 692 Å². The molecule has 0 unspecified atom stereocenters. The first kappa shape index (κ1) is 101. The van der Waals surface area contributed by atoms with Crippen molar-refractivity contribution in [2.75, 3.05) is 61.6 Å². The van der Waals surface area contributed by atoms with Gasteiger partial charge in [0.15, 0.2) is 0 Å². The molecule has 0 aliphatic rings. The van der Waals surface area contributed by atoms with E-state index >= 15 is 0 Å². The van der Waals surface area contributed by atoms with Crippen LogP contribution in [-0.2, 0) is 33.6 Å². The van der Waals surface area contributed by atoms with Crippen molar-refractivity contribution in [1.29, 1.82) is 0 Å². The Balaban J connectivity index is 0.000000638. The van der Waals surface area contributed by atoms with Crippen molar-refractivity contribution in [3.05, 3.63) is 190 Å². The zero-order valence-electron chi connectivity index (χ0n) is 61.8. The van der Waals surface area contributed by atoms with Gasteiger partial charge in [0.1, 0.15) is 17.2 Å². The molecule has 7 aromatic carbocycles. The van der Waals surface area contributed by atoms with Gasteiger partial charge in [-0.1, -0.05) is 133 Å². The Kier molecular flexibility index (Phi) is 62.5. The number of carbonyl (C=O) groups is 7. The van der Waals surface area contributed by atoms with Crippen LogP contribution in [0.3, 0.4) is 0 Å². The van der Waals surface area contributed by atoms with E-state index in [-0.39, 0.29) is 37.9 Å². The number of hydrogen-bond donors (Lipinski definition) is 7. The second-order valence-corrected chi connectivity index (χ2v) is 32.8. The highest BCUT2D eigenvalue weighted by Gasteiger charge is 2.07. The lowest BCUT2D eigenvalue weighted by molar-refractivity contribution is -0.138. The smallest absolute Gasteiger partial charge is 0.313 e. The molecule has 0 spiro atoms. The third-order valence-corrected chi connectivity index (χ3v) is 23.0. The quantitative estimate of drug-likeness (QED) is 0.0138. The van der Waals surface area contributed by atoms with E-state index in [4.69, 9.17) is 96.4 Å². The summed E-state index contributed by atoms with van der Waals surface area (Å²) in [5, 5.41) is 62.1. The van der Waals surface area contributed by atoms with E-state index in [0.717, 1.165) is 175 Å². The van der Waals surface area contributed by atoms with Crippen LogP contribution in [0.2, 0.25) is 20.1 Å². The lowest BCUT2D eigenvalue weighted by Gasteiger charge is -2.04. The molecule has 0 saturated carbocycles. The van der Waals surface area contributed by atoms with Crippen molar-refractivity contribution in [1.82, 2.24) is 0 Å². The summed E-state index contributed by atoms with van der Waals surface area (Å²) >= 11 is 35.2. The van der Waals surface area contributed by atoms with Crippen molar-refractivity contribution in [3.8, 4) is 17.2 Å². The molecule has 0 saturated heterocycles. The first-order chi connectivity index (χ1) is 52.4. The molecule has 7 rings (SSSR count). The molecule has 7 N–H and O–H groups in total. The molecule has 0 fully saturated rings. The number of carboxylic acid groups (broad SMARTS) is 7. The number of benzene rings is 7. The summed E-state index contributed by atoms with van der Waals surface area (Å²) in [5.41, 5.74) is 0. The molecule has 0 aromatic heterocycles. The minimum Gasteiger partial charge on any atom is -0.497 e. The lowest BCUT2D eigenvalue weighted by Crippen LogP contribution is -1.96. The Morgan fingerprint density at radius 1 is 0.266 bits per heavy atom. The van der Waals surface area contributed by atoms with Crippen LogP contribution in [0.15, 0.2) is 204 Å². The minimum absolute atomic E-state index is 0.0698. The maximum Gasteiger partial charge on any atom is 0.313 e. The van der Waals surface area contributed by atoms with Crippen molar-refractivity contribution in [2.45, 2.75) is 176 Å². The summed E-state index contributed by atoms with van der Waals surface area (Å²) in [6.45, 7) is 0. The fourth-order valence-electron chi connectivity index (χ4n) is 8.58. The Morgan fingerprint density at radius 3 is 0.826 bits per heavy atom. The van der Waals surface area contributed by atoms with Crippen molar-refractivity contribution in [2.24, 2.45) is 0 Å². The predicted molar refractivity (Wildman–Crippen MR) is 455 cm³/mol. The van der Waals surface area contributed by atoms with E-state index in [2.05, 4.69) is 18.2 Å². The molecule has 17 nitrogen and oxygen atoms in total. The first-order valence-electron chi connectivity index (χ1n) is 35.3. The molecule has 0 radical (unpaired) electrons. The number of methoxy groups -OCH3 is 3. The third-order valence-electron chi connectivity index (χ3n) is 14.1. The maximum absolute atomic E-state index is 10.3. The summed E-state index contributed by atoms with van der Waals surface area (Å²) in [4.78, 5) is 79.6. The normalized spacial score (nSPS) is 10.2. The van der Waals surface area contributed by atoms with Crippen LogP contribution in [-0.4, -0.2) is 139 Å². The molecule has 598 valence electrons. The highest BCUT2D eigenvalue weighted by molar-refractivity contribution is 8.00. The number of ether oxygens (including phenoxy) is 3. The van der Waals surface area contributed by atoms with Gasteiger partial charge in [0, 0.05) is 82.8 Å². The summed E-state index contributed by atoms with van der Waals surface area (Å²) in [5.74, 6) is 3.37. The number of rotatable bonds is 46. The van der Waals surface area contributed by atoms with Crippen molar-refractivity contribution in [3.63, 3.8) is 0 Å². The second-order valence-electron chi connectivity index (χ2n) is 23.1. The third kappa shape index (κ3) is 61.2. The first-order valence-corrected chi connectivity index (χ1v) is 43.7. The number of aliphatic carboxylic acids is 7. The van der Waals surface area contributed by atoms with Gasteiger partial charge in [-0.15, -0.1) is 82.3 Å². The molecule has 0 atom stereocenters. The minimum atomic E-state index is -0.819. The fraction of sp³-hybridized carbons (Fsp3) is 0.395. The molecule has 0 bridgehead atoms. The topological polar surface area (TPSA) is 289 Å². The summed E-state index contributed by atoms with van der Waals surface area (Å²) in [6, 6.07) is 54.1. The SMILES string of the molecule is COc1cccc(SCCCC(=O)O)c1.COc1cccc(SCCCCCC(=O)O)c1.COc1cccc(SCCCCCCCC(=O)O)c1.O=C(O)CCCCCSc1ccccc1Cl.O=C(O)CCCCSc1cccc(Cl)c1.O=C(O)CCCCSc1ccccc1Cl.O=C(O)CSc1cccc(Cl)c1. The van der Waals surface area contributed by atoms with Gasteiger partial charge in [0.05, 0.1) is 37.1 Å². The Hall–Kier alpha value is -6.16. The molecular formula is C81H102Cl4O17S7. The molecule has 28 heteroatoms. The summed E-state index contributed by atoms with van der Waals surface area (Å²) in [7, 11) is 4.98. The van der Waals surface area contributed by atoms with Crippen molar-refractivity contribution < 1.29 is 83.5 Å². The van der Waals surface area contributed by atoms with E-state index in [0.29, 0.717) is 17.9 Å². The number of halogens is 4. The zero-order valence-corrected chi connectivity index (χ0v) is 70.5. The standard InChI is InChI=1S/C15H22O3S.C13H18O3S.C12H15ClO2S.2C11H13ClO2S.C11H14O3S.C8H7ClO2S/c1-18-13-8-7-9-14(12-13)19-11-6-4-2-3-5-10-15(16)17;1-16-11-6-5-7-12(10-11)17-9-4-2-3-8-13(14)15;13-10-6-3-4-7-11(10)16-9-5-1-2-8-12(14)15;12-9-4-3-5-10(8-9)15-7-2-1-6-11(13)14;12-9-5-1-2-6-10(9)15-8-4-3-7-11(13)14;1-14-9-4-2-5-10(8-9)15-7-3-6-11(12)13;9-6-2-1-3-7(4-6)12-5-8(10)11/h7-9,12H,2-6,10-11H2,1H3,(H,16,17);5-7,10H,2-4,8-9H2,1H3,(H,14,15);3-4,6-7H,1-2,5,8-9H2,(H,14,15);3-5,8H,1-2,6-7H2,(H,13,14);1-2,5-6H,3-4,7-8H2,(H,13,14);2,4-5,8H,3,6-7H2,1H3,(H,12,13);1-4H,5H2,(H,10,11). The van der Waals surface area contributed by atoms with E-state index in [1.165, 1.54) is 34.4 Å². The zero-order chi connectivity index (χ0) is 80.5. The van der Waals surface area contributed by atoms with Crippen LogP contribution in [0.1, 0.15) is 141 Å². The van der Waals surface area contributed by atoms with E-state index in [1.54, 1.807) is 98.3 Å². The van der Waals surface area contributed by atoms with Gasteiger partial charge in [-0.05, 0) is 220 Å². The van der Waals surface area contributed by atoms with Crippen LogP contribution in [0.4, 0.5) is 0 Å². The van der Waals surface area contributed by atoms with Gasteiger partial charge in [-0.25, -0.2) is 0 Å². The van der Waals surface area contributed by atoms with E-state index in [9.17, 15) is 33.6 Å². The Bertz CT molecular complexity index is 3660. The molecule has 0 aliphatic carbocycles. The molecule has 7 aromatic rings. The van der Waals surface area contributed by atoms with Crippen LogP contribution in [0.25, 0.3) is 0 Å². The molecular weight excluding hydrogens is 1610 g/mol. The highest BCUT2D eigenvalue weighted by atomic mass is 35.5. The van der Waals surface area contributed by atoms with E-state index < -0.39 is 41.8 Å². The number of hydrogen-bond acceptors (Lipinski definition) is 17. The average Bonchev–Trinajstić information content (AvgIpc) is 0.998. The monoisotopic (exact) mass is 1710 g/mol. The van der Waals surface area contributed by atoms with Crippen LogP contribution < -0.4 is 14.2 Å². The number of thioether (sulfide) groups is 7. The van der Waals surface area contributed by atoms with Crippen LogP contribution >= 0.6 is 129 Å².